The zero-order chi connectivity index (χ0) is 23.6. The van der Waals surface area contributed by atoms with E-state index in [2.05, 4.69) is 10.1 Å². The fraction of sp³-hybridized carbons (Fsp3) is 0.280. The number of carboxylic acid groups (broad SMARTS) is 1. The average Bonchev–Trinajstić information content (AvgIpc) is 3.20. The zero-order valence-electron chi connectivity index (χ0n) is 18.6. The van der Waals surface area contributed by atoms with E-state index in [4.69, 9.17) is 14.0 Å². The minimum absolute atomic E-state index is 0.0342. The number of Topliss-reactive ketones (excluding diaryl/α,β-unsaturated/α-hetero) is 1. The van der Waals surface area contributed by atoms with Crippen LogP contribution >= 0.6 is 0 Å². The number of hydrogen-bond acceptors (Lipinski definition) is 7. The number of nitrogens with zero attached hydrogens (tertiary/aromatic N) is 2. The van der Waals surface area contributed by atoms with Crippen molar-refractivity contribution in [2.75, 3.05) is 0 Å². The predicted molar refractivity (Wildman–Crippen MR) is 119 cm³/mol. The molecular weight excluding hydrogens is 424 g/mol. The van der Waals surface area contributed by atoms with Gasteiger partial charge in [-0.15, -0.1) is 0 Å². The number of ketones is 1. The van der Waals surface area contributed by atoms with Gasteiger partial charge in [-0.3, -0.25) is 4.79 Å². The standard InChI is InChI=1S/C25H24N2O6/c1-15-26-22(27-33-15)14-31-19-8-4-16(5-9-19)12-18-7-6-17-13-20(10-11-21(17)23(18)28)32-25(2,3)24(29)30/h4-5,8-13H,6-7,14H2,1-3H3,(H,29,30). The average molecular weight is 448 g/mol. The third kappa shape index (κ3) is 5.11. The van der Waals surface area contributed by atoms with Gasteiger partial charge in [-0.05, 0) is 74.2 Å². The number of fused-ring (bicyclic) bond motifs is 1. The summed E-state index contributed by atoms with van der Waals surface area (Å²) in [5.41, 5.74) is 1.74. The van der Waals surface area contributed by atoms with E-state index in [1.807, 2.05) is 30.3 Å². The van der Waals surface area contributed by atoms with Crippen molar-refractivity contribution in [1.82, 2.24) is 10.1 Å². The maximum Gasteiger partial charge on any atom is 0.347 e. The Morgan fingerprint density at radius 2 is 1.88 bits per heavy atom. The van der Waals surface area contributed by atoms with Crippen LogP contribution in [-0.4, -0.2) is 32.6 Å². The van der Waals surface area contributed by atoms with E-state index >= 15 is 0 Å². The minimum Gasteiger partial charge on any atom is -0.485 e. The maximum atomic E-state index is 13.0. The molecular formula is C25H24N2O6. The van der Waals surface area contributed by atoms with Crippen LogP contribution in [0.1, 0.15) is 53.5 Å². The van der Waals surface area contributed by atoms with Gasteiger partial charge < -0.3 is 19.1 Å². The number of carboxylic acids is 1. The maximum absolute atomic E-state index is 13.0. The first kappa shape index (κ1) is 22.3. The monoisotopic (exact) mass is 448 g/mol. The fourth-order valence-corrected chi connectivity index (χ4v) is 3.50. The van der Waals surface area contributed by atoms with Gasteiger partial charge in [0.1, 0.15) is 11.5 Å². The molecule has 0 radical (unpaired) electrons. The number of carbonyl (C=O) groups excluding carboxylic acids is 1. The van der Waals surface area contributed by atoms with Gasteiger partial charge in [0.15, 0.2) is 18.0 Å². The summed E-state index contributed by atoms with van der Waals surface area (Å²) < 4.78 is 16.2. The molecule has 1 N–H and O–H groups in total. The number of hydrogen-bond donors (Lipinski definition) is 1. The van der Waals surface area contributed by atoms with Crippen LogP contribution in [0.2, 0.25) is 0 Å². The number of ether oxygens (including phenoxy) is 2. The number of allylic oxidation sites excluding steroid dienone is 1. The quantitative estimate of drug-likeness (QED) is 0.529. The van der Waals surface area contributed by atoms with Crippen LogP contribution in [0.25, 0.3) is 6.08 Å². The Hall–Kier alpha value is -3.94. The van der Waals surface area contributed by atoms with Gasteiger partial charge in [-0.2, -0.15) is 4.98 Å². The van der Waals surface area contributed by atoms with Gasteiger partial charge in [0.25, 0.3) is 0 Å². The van der Waals surface area contributed by atoms with Crippen molar-refractivity contribution in [3.05, 3.63) is 76.4 Å². The lowest BCUT2D eigenvalue weighted by atomic mass is 9.86. The third-order valence-corrected chi connectivity index (χ3v) is 5.32. The SMILES string of the molecule is Cc1nc(COc2ccc(C=C3CCc4cc(OC(C)(C)C(=O)O)ccc4C3=O)cc2)no1. The molecule has 0 aliphatic heterocycles. The Morgan fingerprint density at radius 3 is 2.55 bits per heavy atom. The van der Waals surface area contributed by atoms with Crippen LogP contribution in [-0.2, 0) is 17.8 Å². The molecule has 1 heterocycles. The smallest absolute Gasteiger partial charge is 0.347 e. The lowest BCUT2D eigenvalue weighted by Gasteiger charge is -2.23. The van der Waals surface area contributed by atoms with Crippen LogP contribution in [0.15, 0.2) is 52.6 Å². The summed E-state index contributed by atoms with van der Waals surface area (Å²) in [7, 11) is 0. The molecule has 1 aromatic heterocycles. The molecule has 1 aliphatic carbocycles. The Kier molecular flexibility index (Phi) is 6.00. The van der Waals surface area contributed by atoms with E-state index in [0.29, 0.717) is 41.6 Å². The number of aromatic nitrogens is 2. The van der Waals surface area contributed by atoms with Gasteiger partial charge in [-0.1, -0.05) is 17.3 Å². The minimum atomic E-state index is -1.35. The lowest BCUT2D eigenvalue weighted by Crippen LogP contribution is -2.37. The molecule has 33 heavy (non-hydrogen) atoms. The van der Waals surface area contributed by atoms with E-state index in [0.717, 1.165) is 16.7 Å². The molecule has 0 bridgehead atoms. The third-order valence-electron chi connectivity index (χ3n) is 5.32. The molecule has 0 saturated carbocycles. The van der Waals surface area contributed by atoms with Crippen LogP contribution in [0.4, 0.5) is 0 Å². The number of rotatable bonds is 7. The van der Waals surface area contributed by atoms with Crippen molar-refractivity contribution >= 4 is 17.8 Å². The molecule has 0 fully saturated rings. The number of aryl methyl sites for hydroxylation is 2. The Balaban J connectivity index is 1.44. The van der Waals surface area contributed by atoms with E-state index in [9.17, 15) is 14.7 Å². The molecule has 3 aromatic rings. The van der Waals surface area contributed by atoms with Crippen molar-refractivity contribution in [2.24, 2.45) is 0 Å². The van der Waals surface area contributed by atoms with Crippen molar-refractivity contribution in [3.8, 4) is 11.5 Å². The summed E-state index contributed by atoms with van der Waals surface area (Å²) in [6.45, 7) is 4.91. The molecule has 0 spiro atoms. The van der Waals surface area contributed by atoms with Gasteiger partial charge >= 0.3 is 5.97 Å². The zero-order valence-corrected chi connectivity index (χ0v) is 18.6. The second-order valence-corrected chi connectivity index (χ2v) is 8.32. The number of benzene rings is 2. The van der Waals surface area contributed by atoms with Crippen LogP contribution in [0.5, 0.6) is 11.5 Å². The summed E-state index contributed by atoms with van der Waals surface area (Å²) in [4.78, 5) is 28.4. The molecule has 0 unspecified atom stereocenters. The van der Waals surface area contributed by atoms with Gasteiger partial charge in [0.2, 0.25) is 11.7 Å². The second-order valence-electron chi connectivity index (χ2n) is 8.32. The first-order valence-corrected chi connectivity index (χ1v) is 10.5. The topological polar surface area (TPSA) is 112 Å². The van der Waals surface area contributed by atoms with Crippen LogP contribution in [0.3, 0.4) is 0 Å². The first-order chi connectivity index (χ1) is 15.7. The molecule has 0 saturated heterocycles. The predicted octanol–water partition coefficient (Wildman–Crippen LogP) is 4.41. The summed E-state index contributed by atoms with van der Waals surface area (Å²) >= 11 is 0. The first-order valence-electron chi connectivity index (χ1n) is 10.5. The molecule has 170 valence electrons. The lowest BCUT2D eigenvalue weighted by molar-refractivity contribution is -0.152. The highest BCUT2D eigenvalue weighted by Gasteiger charge is 2.30. The second kappa shape index (κ2) is 8.90. The van der Waals surface area contributed by atoms with Crippen molar-refractivity contribution in [1.29, 1.82) is 0 Å². The Bertz CT molecular complexity index is 1220. The molecule has 4 rings (SSSR count). The summed E-state index contributed by atoms with van der Waals surface area (Å²) in [6.07, 6.45) is 3.14. The highest BCUT2D eigenvalue weighted by atomic mass is 16.5. The highest BCUT2D eigenvalue weighted by Crippen LogP contribution is 2.31. The van der Waals surface area contributed by atoms with E-state index < -0.39 is 11.6 Å². The molecule has 0 atom stereocenters. The van der Waals surface area contributed by atoms with Crippen LogP contribution < -0.4 is 9.47 Å². The summed E-state index contributed by atoms with van der Waals surface area (Å²) in [6, 6.07) is 12.5. The normalized spacial score (nSPS) is 14.8. The van der Waals surface area contributed by atoms with Gasteiger partial charge in [0, 0.05) is 18.1 Å². The summed E-state index contributed by atoms with van der Waals surface area (Å²) in [5, 5.41) is 13.0. The number of aliphatic carboxylic acids is 1. The van der Waals surface area contributed by atoms with E-state index in [1.165, 1.54) is 13.8 Å². The van der Waals surface area contributed by atoms with Crippen molar-refractivity contribution in [3.63, 3.8) is 0 Å². The molecule has 8 heteroatoms. The molecule has 0 amide bonds. The van der Waals surface area contributed by atoms with Gasteiger partial charge in [-0.25, -0.2) is 4.79 Å². The van der Waals surface area contributed by atoms with E-state index in [-0.39, 0.29) is 12.4 Å². The fourth-order valence-electron chi connectivity index (χ4n) is 3.50. The Labute approximate surface area is 190 Å². The largest absolute Gasteiger partial charge is 0.485 e. The van der Waals surface area contributed by atoms with Crippen molar-refractivity contribution in [2.45, 2.75) is 45.8 Å². The van der Waals surface area contributed by atoms with E-state index in [1.54, 1.807) is 25.1 Å². The number of carbonyl (C=O) groups is 2. The molecule has 8 nitrogen and oxygen atoms in total. The highest BCUT2D eigenvalue weighted by molar-refractivity contribution is 6.13. The molecule has 1 aliphatic rings. The van der Waals surface area contributed by atoms with Gasteiger partial charge in [0.05, 0.1) is 0 Å². The van der Waals surface area contributed by atoms with Crippen molar-refractivity contribution < 1.29 is 28.7 Å². The summed E-state index contributed by atoms with van der Waals surface area (Å²) in [5.74, 6) is 0.980. The van der Waals surface area contributed by atoms with Crippen LogP contribution in [0, 0.1) is 6.92 Å². The Morgan fingerprint density at radius 1 is 1.15 bits per heavy atom. The molecule has 2 aromatic carbocycles.